The number of benzene rings is 2. The normalized spacial score (nSPS) is 15.7. The van der Waals surface area contributed by atoms with Crippen LogP contribution in [0.5, 0.6) is 0 Å². The van der Waals surface area contributed by atoms with Gasteiger partial charge in [-0.2, -0.15) is 0 Å². The highest BCUT2D eigenvalue weighted by Crippen LogP contribution is 2.36. The minimum absolute atomic E-state index is 0.0190. The lowest BCUT2D eigenvalue weighted by molar-refractivity contribution is -0.385. The molecule has 2 aromatic carbocycles. The summed E-state index contributed by atoms with van der Waals surface area (Å²) in [5.74, 6) is -0.920. The first-order chi connectivity index (χ1) is 16.2. The Hall–Kier alpha value is -3.76. The number of aliphatic carboxylic acids is 1. The van der Waals surface area contributed by atoms with Crippen LogP contribution >= 0.6 is 24.0 Å². The molecular formula is C24H18N2O6S2. The van der Waals surface area contributed by atoms with Crippen molar-refractivity contribution in [2.75, 3.05) is 0 Å². The van der Waals surface area contributed by atoms with E-state index in [1.54, 1.807) is 55.5 Å². The van der Waals surface area contributed by atoms with Crippen LogP contribution in [-0.2, 0) is 16.0 Å². The van der Waals surface area contributed by atoms with Crippen LogP contribution in [-0.4, -0.2) is 37.2 Å². The van der Waals surface area contributed by atoms with E-state index in [4.69, 9.17) is 16.6 Å². The smallest absolute Gasteiger partial charge is 0.327 e. The quantitative estimate of drug-likeness (QED) is 0.210. The number of hydrogen-bond acceptors (Lipinski definition) is 7. The van der Waals surface area contributed by atoms with Gasteiger partial charge < -0.3 is 9.52 Å². The molecule has 1 unspecified atom stereocenters. The summed E-state index contributed by atoms with van der Waals surface area (Å²) < 4.78 is 5.94. The van der Waals surface area contributed by atoms with Gasteiger partial charge in [0.2, 0.25) is 0 Å². The van der Waals surface area contributed by atoms with Crippen LogP contribution in [0.25, 0.3) is 17.4 Å². The highest BCUT2D eigenvalue weighted by Gasteiger charge is 2.40. The zero-order valence-electron chi connectivity index (χ0n) is 17.8. The molecule has 1 amide bonds. The van der Waals surface area contributed by atoms with Crippen LogP contribution in [0.4, 0.5) is 5.69 Å². The predicted molar refractivity (Wildman–Crippen MR) is 132 cm³/mol. The Balaban J connectivity index is 1.58. The number of thiocarbonyl (C=S) groups is 1. The topological polar surface area (TPSA) is 114 Å². The van der Waals surface area contributed by atoms with E-state index in [1.165, 1.54) is 12.1 Å². The summed E-state index contributed by atoms with van der Waals surface area (Å²) in [6.45, 7) is 1.65. The monoisotopic (exact) mass is 494 g/mol. The number of carbonyl (C=O) groups excluding carboxylic acids is 1. The van der Waals surface area contributed by atoms with Gasteiger partial charge in [-0.15, -0.1) is 0 Å². The van der Waals surface area contributed by atoms with Gasteiger partial charge >= 0.3 is 5.97 Å². The predicted octanol–water partition coefficient (Wildman–Crippen LogP) is 5.06. The number of rotatable bonds is 7. The third kappa shape index (κ3) is 4.78. The molecule has 0 radical (unpaired) electrons. The number of hydrogen-bond donors (Lipinski definition) is 1. The number of carboxylic acid groups (broad SMARTS) is 1. The van der Waals surface area contributed by atoms with Gasteiger partial charge in [0, 0.05) is 29.7 Å². The molecule has 4 rings (SSSR count). The highest BCUT2D eigenvalue weighted by atomic mass is 32.2. The molecule has 1 saturated heterocycles. The van der Waals surface area contributed by atoms with Crippen molar-refractivity contribution in [3.8, 4) is 11.3 Å². The van der Waals surface area contributed by atoms with Crippen molar-refractivity contribution in [1.82, 2.24) is 4.90 Å². The minimum Gasteiger partial charge on any atom is -0.480 e. The maximum Gasteiger partial charge on any atom is 0.327 e. The van der Waals surface area contributed by atoms with Gasteiger partial charge in [0.15, 0.2) is 0 Å². The SMILES string of the molecule is Cc1ccc(-c2ccc(/C=C3\SC(=S)N(C(Cc4ccccc4)C(=O)O)C3=O)o2)cc1[N+](=O)[O-]. The van der Waals surface area contributed by atoms with E-state index in [0.717, 1.165) is 22.2 Å². The number of nitrogens with zero attached hydrogens (tertiary/aromatic N) is 2. The van der Waals surface area contributed by atoms with Crippen LogP contribution in [0, 0.1) is 17.0 Å². The first-order valence-electron chi connectivity index (χ1n) is 10.1. The zero-order valence-corrected chi connectivity index (χ0v) is 19.5. The summed E-state index contributed by atoms with van der Waals surface area (Å²) in [5, 5.41) is 21.0. The van der Waals surface area contributed by atoms with E-state index < -0.39 is 22.8 Å². The van der Waals surface area contributed by atoms with Crippen molar-refractivity contribution in [2.45, 2.75) is 19.4 Å². The van der Waals surface area contributed by atoms with Crippen molar-refractivity contribution < 1.29 is 24.0 Å². The number of furan rings is 1. The third-order valence-electron chi connectivity index (χ3n) is 5.28. The summed E-state index contributed by atoms with van der Waals surface area (Å²) in [6, 6.07) is 15.9. The summed E-state index contributed by atoms with van der Waals surface area (Å²) >= 11 is 6.33. The molecule has 1 fully saturated rings. The van der Waals surface area contributed by atoms with Gasteiger partial charge in [-0.25, -0.2) is 4.79 Å². The van der Waals surface area contributed by atoms with Gasteiger partial charge in [-0.3, -0.25) is 19.8 Å². The molecule has 8 nitrogen and oxygen atoms in total. The van der Waals surface area contributed by atoms with Crippen molar-refractivity contribution >= 4 is 51.9 Å². The van der Waals surface area contributed by atoms with Crippen molar-refractivity contribution in [2.24, 2.45) is 0 Å². The molecular weight excluding hydrogens is 476 g/mol. The largest absolute Gasteiger partial charge is 0.480 e. The molecule has 0 saturated carbocycles. The molecule has 3 aromatic rings. The molecule has 2 heterocycles. The Morgan fingerprint density at radius 1 is 1.24 bits per heavy atom. The van der Waals surface area contributed by atoms with E-state index >= 15 is 0 Å². The fourth-order valence-corrected chi connectivity index (χ4v) is 4.89. The second-order valence-electron chi connectivity index (χ2n) is 7.56. The number of nitro groups is 1. The minimum atomic E-state index is -1.15. The van der Waals surface area contributed by atoms with Crippen LogP contribution in [0.15, 0.2) is 70.0 Å². The van der Waals surface area contributed by atoms with E-state index in [-0.39, 0.29) is 21.3 Å². The standard InChI is InChI=1S/C24H18N2O6S2/c1-14-7-8-16(12-18(14)26(30)31)20-10-9-17(32-20)13-21-22(27)25(24(33)34-21)19(23(28)29)11-15-5-3-2-4-6-15/h2-10,12-13,19H,11H2,1H3,(H,28,29)/b21-13-. The Morgan fingerprint density at radius 2 is 1.97 bits per heavy atom. The molecule has 0 bridgehead atoms. The lowest BCUT2D eigenvalue weighted by Gasteiger charge is -2.23. The van der Waals surface area contributed by atoms with E-state index in [1.807, 2.05) is 6.07 Å². The molecule has 10 heteroatoms. The summed E-state index contributed by atoms with van der Waals surface area (Å²) in [7, 11) is 0. The lowest BCUT2D eigenvalue weighted by atomic mass is 10.0. The Labute approximate surface area is 204 Å². The van der Waals surface area contributed by atoms with E-state index in [9.17, 15) is 24.8 Å². The average molecular weight is 495 g/mol. The number of amides is 1. The molecule has 172 valence electrons. The Kier molecular flexibility index (Phi) is 6.62. The average Bonchev–Trinajstić information content (AvgIpc) is 3.37. The fraction of sp³-hybridized carbons (Fsp3) is 0.125. The number of nitro benzene ring substituents is 1. The number of carboxylic acids is 1. The van der Waals surface area contributed by atoms with Crippen molar-refractivity contribution in [3.05, 3.63) is 92.6 Å². The maximum absolute atomic E-state index is 13.1. The highest BCUT2D eigenvalue weighted by molar-refractivity contribution is 8.26. The number of aryl methyl sites for hydroxylation is 1. The third-order valence-corrected chi connectivity index (χ3v) is 6.61. The van der Waals surface area contributed by atoms with E-state index in [2.05, 4.69) is 0 Å². The maximum atomic E-state index is 13.1. The van der Waals surface area contributed by atoms with Gasteiger partial charge in [-0.1, -0.05) is 66.4 Å². The first-order valence-corrected chi connectivity index (χ1v) is 11.4. The summed E-state index contributed by atoms with van der Waals surface area (Å²) in [4.78, 5) is 37.1. The number of carbonyl (C=O) groups is 2. The van der Waals surface area contributed by atoms with Crippen LogP contribution in [0.2, 0.25) is 0 Å². The van der Waals surface area contributed by atoms with Crippen LogP contribution in [0.1, 0.15) is 16.9 Å². The summed E-state index contributed by atoms with van der Waals surface area (Å²) in [6.07, 6.45) is 1.61. The fourth-order valence-electron chi connectivity index (χ4n) is 3.55. The second-order valence-corrected chi connectivity index (χ2v) is 9.23. The van der Waals surface area contributed by atoms with Gasteiger partial charge in [0.05, 0.1) is 9.83 Å². The Bertz CT molecular complexity index is 1330. The van der Waals surface area contributed by atoms with Crippen molar-refractivity contribution in [1.29, 1.82) is 0 Å². The summed E-state index contributed by atoms with van der Waals surface area (Å²) in [5.41, 5.74) is 1.82. The van der Waals surface area contributed by atoms with Gasteiger partial charge in [0.1, 0.15) is 21.9 Å². The first kappa shape index (κ1) is 23.4. The lowest BCUT2D eigenvalue weighted by Crippen LogP contribution is -2.45. The van der Waals surface area contributed by atoms with Gasteiger partial charge in [-0.05, 0) is 24.6 Å². The number of thioether (sulfide) groups is 1. The molecule has 1 aliphatic rings. The molecule has 0 spiro atoms. The molecule has 1 atom stereocenters. The van der Waals surface area contributed by atoms with Crippen molar-refractivity contribution in [3.63, 3.8) is 0 Å². The van der Waals surface area contributed by atoms with E-state index in [0.29, 0.717) is 22.6 Å². The molecule has 1 aliphatic heterocycles. The van der Waals surface area contributed by atoms with Crippen LogP contribution in [0.3, 0.4) is 0 Å². The second kappa shape index (κ2) is 9.62. The van der Waals surface area contributed by atoms with Crippen LogP contribution < -0.4 is 0 Å². The molecule has 1 aromatic heterocycles. The Morgan fingerprint density at radius 3 is 2.65 bits per heavy atom. The zero-order chi connectivity index (χ0) is 24.4. The molecule has 0 aliphatic carbocycles. The molecule has 34 heavy (non-hydrogen) atoms. The molecule has 1 N–H and O–H groups in total. The van der Waals surface area contributed by atoms with Gasteiger partial charge in [0.25, 0.3) is 11.6 Å².